The molecule has 1 aliphatic heterocycles. The molecule has 0 saturated carbocycles. The largest absolute Gasteiger partial charge is 0.352 e. The number of carbonyl (C=O) groups is 1. The first kappa shape index (κ1) is 20.5. The number of halogens is 1. The fourth-order valence-electron chi connectivity index (χ4n) is 3.78. The summed E-state index contributed by atoms with van der Waals surface area (Å²) in [7, 11) is 0. The molecule has 164 valence electrons. The molecule has 2 aromatic heterocycles. The van der Waals surface area contributed by atoms with Crippen molar-refractivity contribution < 1.29 is 9.18 Å². The molecule has 0 atom stereocenters. The molecule has 2 aromatic carbocycles. The van der Waals surface area contributed by atoms with Crippen LogP contribution >= 0.6 is 11.8 Å². The van der Waals surface area contributed by atoms with Crippen molar-refractivity contribution in [2.75, 3.05) is 34.8 Å². The molecule has 32 heavy (non-hydrogen) atoms. The minimum Gasteiger partial charge on any atom is -0.352 e. The van der Waals surface area contributed by atoms with Crippen LogP contribution in [-0.4, -0.2) is 49.7 Å². The number of rotatable bonds is 4. The third kappa shape index (κ3) is 3.70. The Labute approximate surface area is 187 Å². The van der Waals surface area contributed by atoms with Crippen LogP contribution in [0.5, 0.6) is 0 Å². The average Bonchev–Trinajstić information content (AvgIpc) is 3.12. The maximum absolute atomic E-state index is 13.8. The van der Waals surface area contributed by atoms with Crippen LogP contribution in [0.4, 0.5) is 15.9 Å². The van der Waals surface area contributed by atoms with Crippen LogP contribution in [0.15, 0.2) is 47.3 Å². The number of anilines is 2. The van der Waals surface area contributed by atoms with Gasteiger partial charge in [0.15, 0.2) is 5.82 Å². The minimum atomic E-state index is -0.466. The van der Waals surface area contributed by atoms with Gasteiger partial charge in [-0.05, 0) is 36.8 Å². The second-order valence-corrected chi connectivity index (χ2v) is 8.86. The highest BCUT2D eigenvalue weighted by Crippen LogP contribution is 2.24. The van der Waals surface area contributed by atoms with Crippen LogP contribution in [0.2, 0.25) is 0 Å². The van der Waals surface area contributed by atoms with E-state index in [0.29, 0.717) is 33.7 Å². The van der Waals surface area contributed by atoms with Gasteiger partial charge in [0.2, 0.25) is 11.6 Å². The second-order valence-electron chi connectivity index (χ2n) is 7.63. The molecule has 0 radical (unpaired) electrons. The van der Waals surface area contributed by atoms with Crippen molar-refractivity contribution >= 4 is 45.9 Å². The Morgan fingerprint density at radius 2 is 1.97 bits per heavy atom. The van der Waals surface area contributed by atoms with Gasteiger partial charge in [-0.1, -0.05) is 18.2 Å². The zero-order valence-electron chi connectivity index (χ0n) is 17.4. The summed E-state index contributed by atoms with van der Waals surface area (Å²) in [6.45, 7) is 2.98. The zero-order chi connectivity index (χ0) is 22.2. The van der Waals surface area contributed by atoms with Gasteiger partial charge in [0.05, 0.1) is 11.0 Å². The van der Waals surface area contributed by atoms with Gasteiger partial charge in [0.25, 0.3) is 0 Å². The minimum absolute atomic E-state index is 0.292. The lowest BCUT2D eigenvalue weighted by Crippen LogP contribution is -2.33. The van der Waals surface area contributed by atoms with Crippen LogP contribution in [-0.2, 0) is 11.3 Å². The topological polar surface area (TPSA) is 84.5 Å². The maximum atomic E-state index is 13.8. The summed E-state index contributed by atoms with van der Waals surface area (Å²) in [6, 6.07) is 11.8. The number of benzene rings is 2. The normalized spacial score (nSPS) is 14.2. The van der Waals surface area contributed by atoms with E-state index < -0.39 is 17.4 Å². The molecule has 1 fully saturated rings. The quantitative estimate of drug-likeness (QED) is 0.513. The molecule has 1 aliphatic rings. The standard InChI is InChI=1S/C22H21FN6O2S/c1-14-6-7-15(12-16(14)23)24-19(30)13-28-22(31)29-18-5-3-2-4-17(18)25-20(21(29)26-28)27-8-10-32-11-9-27/h2-7,12H,8-11,13H2,1H3,(H,24,30). The SMILES string of the molecule is Cc1ccc(NC(=O)Cn2nc3c(N4CCSCC4)nc4ccccc4n3c2=O)cc1F. The van der Waals surface area contributed by atoms with Crippen molar-refractivity contribution in [3.8, 4) is 0 Å². The van der Waals surface area contributed by atoms with E-state index >= 15 is 0 Å². The number of nitrogens with one attached hydrogen (secondary N) is 1. The Bertz CT molecular complexity index is 1390. The van der Waals surface area contributed by atoms with Gasteiger partial charge in [0.1, 0.15) is 12.4 Å². The first-order chi connectivity index (χ1) is 15.5. The van der Waals surface area contributed by atoms with Gasteiger partial charge in [-0.2, -0.15) is 11.8 Å². The van der Waals surface area contributed by atoms with E-state index in [-0.39, 0.29) is 6.54 Å². The van der Waals surface area contributed by atoms with Crippen molar-refractivity contribution in [2.45, 2.75) is 13.5 Å². The highest BCUT2D eigenvalue weighted by Gasteiger charge is 2.22. The van der Waals surface area contributed by atoms with Crippen LogP contribution < -0.4 is 15.9 Å². The van der Waals surface area contributed by atoms with E-state index in [1.807, 2.05) is 36.0 Å². The van der Waals surface area contributed by atoms with Crippen molar-refractivity contribution in [3.05, 3.63) is 64.3 Å². The molecule has 8 nitrogen and oxygen atoms in total. The number of fused-ring (bicyclic) bond motifs is 3. The molecule has 0 spiro atoms. The highest BCUT2D eigenvalue weighted by atomic mass is 32.2. The van der Waals surface area contributed by atoms with Gasteiger partial charge in [0, 0.05) is 30.3 Å². The van der Waals surface area contributed by atoms with Gasteiger partial charge in [-0.3, -0.25) is 4.79 Å². The maximum Gasteiger partial charge on any atom is 0.351 e. The summed E-state index contributed by atoms with van der Waals surface area (Å²) in [4.78, 5) is 32.7. The number of carbonyl (C=O) groups excluding carboxylic acids is 1. The molecule has 1 N–H and O–H groups in total. The third-order valence-corrected chi connectivity index (χ3v) is 6.39. The van der Waals surface area contributed by atoms with Crippen LogP contribution in [0.3, 0.4) is 0 Å². The summed E-state index contributed by atoms with van der Waals surface area (Å²) in [5.41, 5.74) is 2.15. The fraction of sp³-hybridized carbons (Fsp3) is 0.273. The van der Waals surface area contributed by atoms with Crippen LogP contribution in [0.1, 0.15) is 5.56 Å². The molecule has 1 amide bonds. The monoisotopic (exact) mass is 452 g/mol. The average molecular weight is 453 g/mol. The van der Waals surface area contributed by atoms with Gasteiger partial charge in [-0.25, -0.2) is 23.3 Å². The predicted molar refractivity (Wildman–Crippen MR) is 124 cm³/mol. The third-order valence-electron chi connectivity index (χ3n) is 5.45. The Morgan fingerprint density at radius 1 is 1.19 bits per heavy atom. The first-order valence-corrected chi connectivity index (χ1v) is 11.4. The van der Waals surface area contributed by atoms with Crippen LogP contribution in [0, 0.1) is 12.7 Å². The molecule has 4 aromatic rings. The number of para-hydroxylation sites is 2. The molecule has 5 rings (SSSR count). The smallest absolute Gasteiger partial charge is 0.351 e. The Morgan fingerprint density at radius 3 is 2.75 bits per heavy atom. The number of thioether (sulfide) groups is 1. The van der Waals surface area contributed by atoms with E-state index in [9.17, 15) is 14.0 Å². The summed E-state index contributed by atoms with van der Waals surface area (Å²) >= 11 is 1.88. The number of hydrogen-bond donors (Lipinski definition) is 1. The van der Waals surface area contributed by atoms with Gasteiger partial charge < -0.3 is 10.2 Å². The van der Waals surface area contributed by atoms with Gasteiger partial charge in [-0.15, -0.1) is 5.10 Å². The van der Waals surface area contributed by atoms with E-state index in [1.54, 1.807) is 19.1 Å². The number of nitrogens with zero attached hydrogens (tertiary/aromatic N) is 5. The molecular formula is C22H21FN6O2S. The molecule has 3 heterocycles. The fourth-order valence-corrected chi connectivity index (χ4v) is 4.68. The molecule has 10 heteroatoms. The Balaban J connectivity index is 1.54. The molecular weight excluding hydrogens is 431 g/mol. The summed E-state index contributed by atoms with van der Waals surface area (Å²) < 4.78 is 16.4. The highest BCUT2D eigenvalue weighted by molar-refractivity contribution is 7.99. The summed E-state index contributed by atoms with van der Waals surface area (Å²) in [5, 5.41) is 7.10. The molecule has 1 saturated heterocycles. The number of amides is 1. The van der Waals surface area contributed by atoms with E-state index in [0.717, 1.165) is 29.3 Å². The molecule has 0 bridgehead atoms. The van der Waals surface area contributed by atoms with Crippen LogP contribution in [0.25, 0.3) is 16.7 Å². The lowest BCUT2D eigenvalue weighted by atomic mass is 10.2. The van der Waals surface area contributed by atoms with E-state index in [4.69, 9.17) is 4.98 Å². The lowest BCUT2D eigenvalue weighted by molar-refractivity contribution is -0.117. The van der Waals surface area contributed by atoms with E-state index in [1.165, 1.54) is 10.5 Å². The van der Waals surface area contributed by atoms with E-state index in [2.05, 4.69) is 15.3 Å². The zero-order valence-corrected chi connectivity index (χ0v) is 18.2. The van der Waals surface area contributed by atoms with Crippen molar-refractivity contribution in [1.82, 2.24) is 19.2 Å². The van der Waals surface area contributed by atoms with Gasteiger partial charge >= 0.3 is 5.69 Å². The first-order valence-electron chi connectivity index (χ1n) is 10.3. The van der Waals surface area contributed by atoms with Crippen molar-refractivity contribution in [2.24, 2.45) is 0 Å². The number of aromatic nitrogens is 4. The second kappa shape index (κ2) is 8.27. The molecule has 0 unspecified atom stereocenters. The predicted octanol–water partition coefficient (Wildman–Crippen LogP) is 2.68. The van der Waals surface area contributed by atoms with Crippen molar-refractivity contribution in [1.29, 1.82) is 0 Å². The Hall–Kier alpha value is -3.40. The number of aryl methyl sites for hydroxylation is 1. The summed E-state index contributed by atoms with van der Waals surface area (Å²) in [6.07, 6.45) is 0. The molecule has 0 aliphatic carbocycles. The lowest BCUT2D eigenvalue weighted by Gasteiger charge is -2.27. The van der Waals surface area contributed by atoms with Crippen molar-refractivity contribution in [3.63, 3.8) is 0 Å². The number of hydrogen-bond acceptors (Lipinski definition) is 6. The summed E-state index contributed by atoms with van der Waals surface area (Å²) in [5.74, 6) is 1.71. The Kier molecular flexibility index (Phi) is 5.30.